The number of guanidine groups is 1. The molecule has 0 saturated carbocycles. The number of benzene rings is 1. The predicted molar refractivity (Wildman–Crippen MR) is 121 cm³/mol. The van der Waals surface area contributed by atoms with Gasteiger partial charge >= 0.3 is 0 Å². The molecule has 2 aromatic heterocycles. The van der Waals surface area contributed by atoms with Crippen molar-refractivity contribution < 1.29 is 4.42 Å². The van der Waals surface area contributed by atoms with Crippen LogP contribution in [0, 0.1) is 0 Å². The lowest BCUT2D eigenvalue weighted by atomic mass is 10.1. The van der Waals surface area contributed by atoms with Crippen molar-refractivity contribution in [3.8, 4) is 0 Å². The number of nitrogens with zero attached hydrogens (tertiary/aromatic N) is 3. The van der Waals surface area contributed by atoms with Crippen LogP contribution in [0.2, 0.25) is 0 Å². The highest BCUT2D eigenvalue weighted by Gasteiger charge is 2.24. The zero-order valence-electron chi connectivity index (χ0n) is 17.7. The lowest BCUT2D eigenvalue weighted by Gasteiger charge is -2.32. The summed E-state index contributed by atoms with van der Waals surface area (Å²) in [6.45, 7) is 6.57. The summed E-state index contributed by atoms with van der Waals surface area (Å²) < 4.78 is 5.74. The van der Waals surface area contributed by atoms with Gasteiger partial charge in [0.2, 0.25) is 0 Å². The van der Waals surface area contributed by atoms with Gasteiger partial charge in [0.15, 0.2) is 5.96 Å². The van der Waals surface area contributed by atoms with Gasteiger partial charge in [-0.3, -0.25) is 9.89 Å². The van der Waals surface area contributed by atoms with E-state index in [1.807, 2.05) is 24.3 Å². The fraction of sp³-hybridized carbons (Fsp3) is 0.478. The Labute approximate surface area is 178 Å². The monoisotopic (exact) mass is 408 g/mol. The Morgan fingerprint density at radius 2 is 2.03 bits per heavy atom. The van der Waals surface area contributed by atoms with Crippen molar-refractivity contribution in [1.29, 1.82) is 0 Å². The molecule has 0 bridgehead atoms. The van der Waals surface area contributed by atoms with Gasteiger partial charge in [0.1, 0.15) is 11.6 Å². The van der Waals surface area contributed by atoms with Crippen molar-refractivity contribution in [2.24, 2.45) is 4.99 Å². The van der Waals surface area contributed by atoms with Gasteiger partial charge in [0.05, 0.1) is 29.9 Å². The fourth-order valence-electron chi connectivity index (χ4n) is 4.04. The van der Waals surface area contributed by atoms with Gasteiger partial charge in [0.25, 0.3) is 0 Å². The standard InChI is InChI=1S/C23H32N6O/c1-2-24-23(25-13-12-22-27-18-9-4-5-10-19(18)28-22)26-17-20(21-11-8-16-30-21)29-14-6-3-7-15-29/h4-5,8-11,16,20H,2-3,6-7,12-15,17H2,1H3,(H,27,28)(H2,24,25,26). The first-order valence-corrected chi connectivity index (χ1v) is 11.1. The number of rotatable bonds is 8. The molecule has 7 heteroatoms. The highest BCUT2D eigenvalue weighted by Crippen LogP contribution is 2.25. The van der Waals surface area contributed by atoms with Crippen LogP contribution in [0.15, 0.2) is 52.1 Å². The molecule has 3 heterocycles. The number of aromatic nitrogens is 2. The van der Waals surface area contributed by atoms with E-state index in [-0.39, 0.29) is 6.04 Å². The molecule has 4 rings (SSSR count). The number of hydrogen-bond acceptors (Lipinski definition) is 4. The highest BCUT2D eigenvalue weighted by atomic mass is 16.3. The van der Waals surface area contributed by atoms with Crippen LogP contribution in [0.3, 0.4) is 0 Å². The van der Waals surface area contributed by atoms with Crippen LogP contribution >= 0.6 is 0 Å². The maximum Gasteiger partial charge on any atom is 0.191 e. The average Bonchev–Trinajstić information content (AvgIpc) is 3.44. The molecule has 1 saturated heterocycles. The number of furan rings is 1. The lowest BCUT2D eigenvalue weighted by Crippen LogP contribution is -2.40. The summed E-state index contributed by atoms with van der Waals surface area (Å²) >= 11 is 0. The molecule has 1 aliphatic heterocycles. The molecule has 1 fully saturated rings. The number of nitrogens with one attached hydrogen (secondary N) is 3. The molecule has 1 atom stereocenters. The Hall–Kier alpha value is -2.80. The van der Waals surface area contributed by atoms with Crippen molar-refractivity contribution in [3.05, 3.63) is 54.2 Å². The minimum Gasteiger partial charge on any atom is -0.468 e. The quantitative estimate of drug-likeness (QED) is 0.393. The third-order valence-corrected chi connectivity index (χ3v) is 5.56. The molecule has 1 aromatic carbocycles. The number of piperidine rings is 1. The smallest absolute Gasteiger partial charge is 0.191 e. The van der Waals surface area contributed by atoms with E-state index in [9.17, 15) is 0 Å². The highest BCUT2D eigenvalue weighted by molar-refractivity contribution is 5.79. The van der Waals surface area contributed by atoms with E-state index in [2.05, 4.69) is 44.6 Å². The Morgan fingerprint density at radius 3 is 2.80 bits per heavy atom. The van der Waals surface area contributed by atoms with Crippen LogP contribution in [0.5, 0.6) is 0 Å². The van der Waals surface area contributed by atoms with E-state index in [1.54, 1.807) is 6.26 Å². The van der Waals surface area contributed by atoms with Gasteiger partial charge < -0.3 is 20.0 Å². The van der Waals surface area contributed by atoms with Crippen molar-refractivity contribution in [2.45, 2.75) is 38.6 Å². The van der Waals surface area contributed by atoms with Gasteiger partial charge in [-0.1, -0.05) is 18.6 Å². The zero-order chi connectivity index (χ0) is 20.6. The summed E-state index contributed by atoms with van der Waals surface area (Å²) in [5, 5.41) is 6.81. The van der Waals surface area contributed by atoms with Crippen LogP contribution in [-0.4, -0.2) is 53.6 Å². The number of H-pyrrole nitrogens is 1. The second-order valence-corrected chi connectivity index (χ2v) is 7.72. The minimum absolute atomic E-state index is 0.186. The van der Waals surface area contributed by atoms with Crippen LogP contribution in [-0.2, 0) is 6.42 Å². The van der Waals surface area contributed by atoms with Gasteiger partial charge in [-0.25, -0.2) is 4.98 Å². The number of likely N-dealkylation sites (tertiary alicyclic amines) is 1. The van der Waals surface area contributed by atoms with E-state index < -0.39 is 0 Å². The number of aliphatic imine (C=N–C) groups is 1. The molecule has 3 N–H and O–H groups in total. The largest absolute Gasteiger partial charge is 0.468 e. The van der Waals surface area contributed by atoms with Gasteiger partial charge in [-0.15, -0.1) is 0 Å². The molecule has 7 nitrogen and oxygen atoms in total. The molecule has 0 radical (unpaired) electrons. The molecule has 0 spiro atoms. The van der Waals surface area contributed by atoms with Crippen LogP contribution in [0.25, 0.3) is 11.0 Å². The van der Waals surface area contributed by atoms with E-state index in [0.29, 0.717) is 6.54 Å². The van der Waals surface area contributed by atoms with Crippen molar-refractivity contribution in [3.63, 3.8) is 0 Å². The van der Waals surface area contributed by atoms with Crippen molar-refractivity contribution in [1.82, 2.24) is 25.5 Å². The van der Waals surface area contributed by atoms with Crippen molar-refractivity contribution in [2.75, 3.05) is 32.7 Å². The molecule has 160 valence electrons. The summed E-state index contributed by atoms with van der Waals surface area (Å²) in [5.41, 5.74) is 2.09. The Morgan fingerprint density at radius 1 is 1.17 bits per heavy atom. The van der Waals surface area contributed by atoms with Gasteiger partial charge in [0, 0.05) is 19.5 Å². The first kappa shape index (κ1) is 20.5. The summed E-state index contributed by atoms with van der Waals surface area (Å²) in [7, 11) is 0. The third kappa shape index (κ3) is 5.21. The summed E-state index contributed by atoms with van der Waals surface area (Å²) in [6.07, 6.45) is 6.38. The summed E-state index contributed by atoms with van der Waals surface area (Å²) in [6, 6.07) is 12.3. The number of imidazole rings is 1. The SMILES string of the molecule is CCNC(=NCC(c1ccco1)N1CCCCC1)NCCc1nc2ccccc2[nH]1. The van der Waals surface area contributed by atoms with E-state index in [4.69, 9.17) is 9.41 Å². The van der Waals surface area contributed by atoms with E-state index >= 15 is 0 Å². The van der Waals surface area contributed by atoms with E-state index in [0.717, 1.165) is 61.2 Å². The van der Waals surface area contributed by atoms with Crippen LogP contribution < -0.4 is 10.6 Å². The first-order chi connectivity index (χ1) is 14.8. The van der Waals surface area contributed by atoms with Crippen LogP contribution in [0.4, 0.5) is 0 Å². The van der Waals surface area contributed by atoms with Gasteiger partial charge in [-0.2, -0.15) is 0 Å². The molecular weight excluding hydrogens is 376 g/mol. The number of fused-ring (bicyclic) bond motifs is 1. The van der Waals surface area contributed by atoms with Crippen molar-refractivity contribution >= 4 is 17.0 Å². The number of aromatic amines is 1. The molecular formula is C23H32N6O. The molecule has 0 amide bonds. The molecule has 1 aliphatic rings. The summed E-state index contributed by atoms with van der Waals surface area (Å²) in [5.74, 6) is 2.82. The van der Waals surface area contributed by atoms with Crippen LogP contribution in [0.1, 0.15) is 43.8 Å². The molecule has 30 heavy (non-hydrogen) atoms. The lowest BCUT2D eigenvalue weighted by molar-refractivity contribution is 0.150. The maximum absolute atomic E-state index is 5.74. The fourth-order valence-corrected chi connectivity index (χ4v) is 4.04. The molecule has 3 aromatic rings. The predicted octanol–water partition coefficient (Wildman–Crippen LogP) is 3.48. The molecule has 1 unspecified atom stereocenters. The number of para-hydroxylation sites is 2. The molecule has 0 aliphatic carbocycles. The van der Waals surface area contributed by atoms with Gasteiger partial charge in [-0.05, 0) is 57.1 Å². The second kappa shape index (κ2) is 10.3. The Kier molecular flexibility index (Phi) is 7.03. The van der Waals surface area contributed by atoms with E-state index in [1.165, 1.54) is 19.3 Å². The first-order valence-electron chi connectivity index (χ1n) is 11.1. The zero-order valence-corrected chi connectivity index (χ0v) is 17.7. The second-order valence-electron chi connectivity index (χ2n) is 7.72. The summed E-state index contributed by atoms with van der Waals surface area (Å²) in [4.78, 5) is 15.4. The Bertz CT molecular complexity index is 893. The topological polar surface area (TPSA) is 81.5 Å². The normalized spacial score (nSPS) is 16.6. The third-order valence-electron chi connectivity index (χ3n) is 5.56. The maximum atomic E-state index is 5.74. The average molecular weight is 409 g/mol. The minimum atomic E-state index is 0.186. The number of hydrogen-bond donors (Lipinski definition) is 3. The Balaban J connectivity index is 1.37.